The minimum Gasteiger partial charge on any atom is -0.481 e. The van der Waals surface area contributed by atoms with Crippen LogP contribution < -0.4 is 0 Å². The van der Waals surface area contributed by atoms with Crippen LogP contribution in [0.2, 0.25) is 0 Å². The number of rotatable bonds is 4. The minimum atomic E-state index is -0.665. The molecule has 1 saturated heterocycles. The zero-order valence-electron chi connectivity index (χ0n) is 11.9. The summed E-state index contributed by atoms with van der Waals surface area (Å²) in [6, 6.07) is 4.07. The second kappa shape index (κ2) is 5.29. The molecule has 1 atom stereocenters. The summed E-state index contributed by atoms with van der Waals surface area (Å²) in [5, 5.41) is 9.51. The van der Waals surface area contributed by atoms with Gasteiger partial charge in [-0.25, -0.2) is 0 Å². The molecule has 0 amide bonds. The first-order chi connectivity index (χ1) is 8.94. The van der Waals surface area contributed by atoms with Crippen LogP contribution in [-0.4, -0.2) is 34.0 Å². The van der Waals surface area contributed by atoms with Gasteiger partial charge in [-0.05, 0) is 37.4 Å². The Kier molecular flexibility index (Phi) is 3.90. The predicted octanol–water partition coefficient (Wildman–Crippen LogP) is 2.32. The fraction of sp³-hybridized carbons (Fsp3) is 0.600. The molecular formula is C15H22N2O2. The zero-order chi connectivity index (χ0) is 14.0. The molecule has 0 saturated carbocycles. The van der Waals surface area contributed by atoms with Crippen LogP contribution >= 0.6 is 0 Å². The van der Waals surface area contributed by atoms with Gasteiger partial charge in [0, 0.05) is 19.3 Å². The molecule has 104 valence electrons. The Bertz CT molecular complexity index is 456. The first-order valence-electron chi connectivity index (χ1n) is 6.81. The Labute approximate surface area is 114 Å². The summed E-state index contributed by atoms with van der Waals surface area (Å²) in [5.41, 5.74) is 1.56. The summed E-state index contributed by atoms with van der Waals surface area (Å²) in [6.07, 6.45) is 2.59. The highest BCUT2D eigenvalue weighted by Crippen LogP contribution is 2.38. The van der Waals surface area contributed by atoms with E-state index in [-0.39, 0.29) is 5.92 Å². The monoisotopic (exact) mass is 262 g/mol. The maximum absolute atomic E-state index is 11.6. The molecule has 1 unspecified atom stereocenters. The fourth-order valence-corrected chi connectivity index (χ4v) is 2.76. The van der Waals surface area contributed by atoms with Crippen molar-refractivity contribution in [3.05, 3.63) is 29.6 Å². The van der Waals surface area contributed by atoms with E-state index in [4.69, 9.17) is 0 Å². The van der Waals surface area contributed by atoms with Crippen molar-refractivity contribution >= 4 is 5.97 Å². The Morgan fingerprint density at radius 1 is 1.53 bits per heavy atom. The predicted molar refractivity (Wildman–Crippen MR) is 73.8 cm³/mol. The van der Waals surface area contributed by atoms with Gasteiger partial charge in [-0.3, -0.25) is 14.7 Å². The van der Waals surface area contributed by atoms with Crippen LogP contribution in [0.3, 0.4) is 0 Å². The Morgan fingerprint density at radius 2 is 2.26 bits per heavy atom. The van der Waals surface area contributed by atoms with Crippen molar-refractivity contribution in [3.63, 3.8) is 0 Å². The number of carboxylic acids is 1. The Balaban J connectivity index is 2.05. The molecule has 1 N–H and O–H groups in total. The van der Waals surface area contributed by atoms with E-state index in [1.807, 2.05) is 39.1 Å². The summed E-state index contributed by atoms with van der Waals surface area (Å²) in [4.78, 5) is 18.2. The van der Waals surface area contributed by atoms with Gasteiger partial charge in [-0.2, -0.15) is 0 Å². The number of likely N-dealkylation sites (tertiary alicyclic amines) is 1. The van der Waals surface area contributed by atoms with E-state index in [1.165, 1.54) is 0 Å². The summed E-state index contributed by atoms with van der Waals surface area (Å²) in [5.74, 6) is -0.511. The van der Waals surface area contributed by atoms with Gasteiger partial charge in [-0.1, -0.05) is 19.9 Å². The lowest BCUT2D eigenvalue weighted by atomic mass is 9.76. The van der Waals surface area contributed by atoms with Gasteiger partial charge in [0.25, 0.3) is 0 Å². The van der Waals surface area contributed by atoms with E-state index < -0.39 is 11.4 Å². The van der Waals surface area contributed by atoms with Gasteiger partial charge >= 0.3 is 5.97 Å². The lowest BCUT2D eigenvalue weighted by Gasteiger charge is -2.28. The van der Waals surface area contributed by atoms with Crippen molar-refractivity contribution < 1.29 is 9.90 Å². The van der Waals surface area contributed by atoms with Gasteiger partial charge in [-0.15, -0.1) is 0 Å². The average molecular weight is 262 g/mol. The standard InChI is InChI=1S/C15H22N2O2/c1-11(2)15(14(18)19)6-7-17(10-15)9-13-5-4-12(3)8-16-13/h4-5,8,11H,6-7,9-10H2,1-3H3,(H,18,19). The lowest BCUT2D eigenvalue weighted by molar-refractivity contribution is -0.151. The van der Waals surface area contributed by atoms with Crippen LogP contribution in [0, 0.1) is 18.3 Å². The molecule has 1 aromatic heterocycles. The molecule has 0 spiro atoms. The number of pyridine rings is 1. The van der Waals surface area contributed by atoms with Crippen molar-refractivity contribution in [2.45, 2.75) is 33.7 Å². The quantitative estimate of drug-likeness (QED) is 0.904. The topological polar surface area (TPSA) is 53.4 Å². The second-order valence-corrected chi connectivity index (χ2v) is 5.90. The first-order valence-corrected chi connectivity index (χ1v) is 6.81. The fourth-order valence-electron chi connectivity index (χ4n) is 2.76. The maximum atomic E-state index is 11.6. The molecule has 1 aliphatic heterocycles. The molecule has 1 aliphatic rings. The van der Waals surface area contributed by atoms with Crippen LogP contribution in [0.4, 0.5) is 0 Å². The molecule has 0 radical (unpaired) electrons. The average Bonchev–Trinajstić information content (AvgIpc) is 2.77. The van der Waals surface area contributed by atoms with E-state index in [2.05, 4.69) is 9.88 Å². The van der Waals surface area contributed by atoms with Gasteiger partial charge in [0.15, 0.2) is 0 Å². The van der Waals surface area contributed by atoms with Gasteiger partial charge in [0.05, 0.1) is 11.1 Å². The van der Waals surface area contributed by atoms with Crippen molar-refractivity contribution in [2.24, 2.45) is 11.3 Å². The van der Waals surface area contributed by atoms with Crippen LogP contribution in [0.1, 0.15) is 31.5 Å². The molecule has 1 fully saturated rings. The number of hydrogen-bond acceptors (Lipinski definition) is 3. The number of aromatic nitrogens is 1. The molecule has 4 heteroatoms. The van der Waals surface area contributed by atoms with E-state index in [9.17, 15) is 9.90 Å². The number of carboxylic acid groups (broad SMARTS) is 1. The molecule has 2 rings (SSSR count). The highest BCUT2D eigenvalue weighted by atomic mass is 16.4. The SMILES string of the molecule is Cc1ccc(CN2CCC(C(=O)O)(C(C)C)C2)nc1. The van der Waals surface area contributed by atoms with E-state index >= 15 is 0 Å². The normalized spacial score (nSPS) is 24.0. The molecule has 1 aromatic rings. The van der Waals surface area contributed by atoms with E-state index in [1.54, 1.807) is 0 Å². The van der Waals surface area contributed by atoms with E-state index in [0.717, 1.165) is 30.8 Å². The van der Waals surface area contributed by atoms with Gasteiger partial charge in [0.2, 0.25) is 0 Å². The Hall–Kier alpha value is -1.42. The summed E-state index contributed by atoms with van der Waals surface area (Å²) in [6.45, 7) is 8.21. The molecule has 19 heavy (non-hydrogen) atoms. The van der Waals surface area contributed by atoms with Crippen LogP contribution in [-0.2, 0) is 11.3 Å². The molecule has 0 bridgehead atoms. The molecule has 2 heterocycles. The summed E-state index contributed by atoms with van der Waals surface area (Å²) >= 11 is 0. The van der Waals surface area contributed by atoms with Crippen LogP contribution in [0.15, 0.2) is 18.3 Å². The number of aryl methyl sites for hydroxylation is 1. The third-order valence-corrected chi connectivity index (χ3v) is 4.27. The van der Waals surface area contributed by atoms with Crippen molar-refractivity contribution in [1.29, 1.82) is 0 Å². The second-order valence-electron chi connectivity index (χ2n) is 5.90. The highest BCUT2D eigenvalue weighted by molar-refractivity contribution is 5.75. The summed E-state index contributed by atoms with van der Waals surface area (Å²) in [7, 11) is 0. The number of aliphatic carboxylic acids is 1. The maximum Gasteiger partial charge on any atom is 0.311 e. The number of carbonyl (C=O) groups is 1. The third kappa shape index (κ3) is 2.78. The minimum absolute atomic E-state index is 0.154. The molecular weight excluding hydrogens is 240 g/mol. The Morgan fingerprint density at radius 3 is 2.74 bits per heavy atom. The van der Waals surface area contributed by atoms with Gasteiger partial charge < -0.3 is 5.11 Å². The largest absolute Gasteiger partial charge is 0.481 e. The smallest absolute Gasteiger partial charge is 0.311 e. The number of hydrogen-bond donors (Lipinski definition) is 1. The van der Waals surface area contributed by atoms with Crippen molar-refractivity contribution in [2.75, 3.05) is 13.1 Å². The first kappa shape index (κ1) is 14.0. The number of nitrogens with zero attached hydrogens (tertiary/aromatic N) is 2. The molecule has 0 aliphatic carbocycles. The van der Waals surface area contributed by atoms with Gasteiger partial charge in [0.1, 0.15) is 0 Å². The third-order valence-electron chi connectivity index (χ3n) is 4.27. The van der Waals surface area contributed by atoms with Crippen LogP contribution in [0.25, 0.3) is 0 Å². The van der Waals surface area contributed by atoms with Crippen LogP contribution in [0.5, 0.6) is 0 Å². The lowest BCUT2D eigenvalue weighted by Crippen LogP contribution is -2.39. The highest BCUT2D eigenvalue weighted by Gasteiger charge is 2.47. The summed E-state index contributed by atoms with van der Waals surface area (Å²) < 4.78 is 0. The molecule has 0 aromatic carbocycles. The van der Waals surface area contributed by atoms with Crippen molar-refractivity contribution in [3.8, 4) is 0 Å². The molecule has 4 nitrogen and oxygen atoms in total. The van der Waals surface area contributed by atoms with E-state index in [0.29, 0.717) is 6.54 Å². The zero-order valence-corrected chi connectivity index (χ0v) is 11.9. The van der Waals surface area contributed by atoms with Crippen molar-refractivity contribution in [1.82, 2.24) is 9.88 Å².